The molecule has 186 valence electrons. The van der Waals surface area contributed by atoms with E-state index in [4.69, 9.17) is 4.74 Å². The Labute approximate surface area is 208 Å². The van der Waals surface area contributed by atoms with Crippen molar-refractivity contribution in [2.24, 2.45) is 0 Å². The number of nitrogens with zero attached hydrogens (tertiary/aromatic N) is 4. The average Bonchev–Trinajstić information content (AvgIpc) is 3.44. The van der Waals surface area contributed by atoms with Gasteiger partial charge in [0.25, 0.3) is 0 Å². The van der Waals surface area contributed by atoms with Gasteiger partial charge in [0.15, 0.2) is 0 Å². The molecule has 1 aliphatic heterocycles. The predicted molar refractivity (Wildman–Crippen MR) is 131 cm³/mol. The maximum atomic E-state index is 13.4. The zero-order chi connectivity index (χ0) is 25.9. The lowest BCUT2D eigenvalue weighted by Crippen LogP contribution is -2.33. The molecule has 2 aromatic carbocycles. The zero-order valence-corrected chi connectivity index (χ0v) is 19.8. The first-order valence-corrected chi connectivity index (χ1v) is 11.6. The predicted octanol–water partition coefficient (Wildman–Crippen LogP) is 5.97. The Bertz CT molecular complexity index is 1710. The van der Waals surface area contributed by atoms with Gasteiger partial charge in [0.05, 0.1) is 28.5 Å². The summed E-state index contributed by atoms with van der Waals surface area (Å²) in [5.74, 6) is 0.481. The second-order valence-corrected chi connectivity index (χ2v) is 8.91. The number of aryl methyl sites for hydroxylation is 2. The van der Waals surface area contributed by atoms with Crippen molar-refractivity contribution < 1.29 is 22.7 Å². The molecule has 7 nitrogen and oxygen atoms in total. The van der Waals surface area contributed by atoms with Gasteiger partial charge in [-0.1, -0.05) is 36.4 Å². The van der Waals surface area contributed by atoms with Gasteiger partial charge in [-0.2, -0.15) is 23.0 Å². The summed E-state index contributed by atoms with van der Waals surface area (Å²) in [6.07, 6.45) is -4.53. The van der Waals surface area contributed by atoms with Gasteiger partial charge in [-0.3, -0.25) is 4.98 Å². The molecule has 1 N–H and O–H groups in total. The summed E-state index contributed by atoms with van der Waals surface area (Å²) in [7, 11) is 0. The SMILES string of the molecule is Cc1nc2ccccc2c2c1c(C)nn2C(=O)N[C@@H]1COc2cc(-c3cccc(C(F)(F)F)n3)ccc21. The molecule has 4 heterocycles. The maximum absolute atomic E-state index is 13.4. The van der Waals surface area contributed by atoms with Crippen LogP contribution in [0, 0.1) is 13.8 Å². The van der Waals surface area contributed by atoms with Crippen molar-refractivity contribution >= 4 is 27.8 Å². The second-order valence-electron chi connectivity index (χ2n) is 8.91. The third kappa shape index (κ3) is 3.85. The summed E-state index contributed by atoms with van der Waals surface area (Å²) < 4.78 is 46.4. The highest BCUT2D eigenvalue weighted by Gasteiger charge is 2.33. The smallest absolute Gasteiger partial charge is 0.433 e. The van der Waals surface area contributed by atoms with E-state index < -0.39 is 23.9 Å². The molecule has 1 amide bonds. The highest BCUT2D eigenvalue weighted by atomic mass is 19.4. The molecule has 0 saturated carbocycles. The monoisotopic (exact) mass is 503 g/mol. The van der Waals surface area contributed by atoms with E-state index in [0.717, 1.165) is 33.6 Å². The highest BCUT2D eigenvalue weighted by Crippen LogP contribution is 2.37. The molecular weight excluding hydrogens is 483 g/mol. The summed E-state index contributed by atoms with van der Waals surface area (Å²) in [4.78, 5) is 21.8. The first-order valence-electron chi connectivity index (χ1n) is 11.6. The van der Waals surface area contributed by atoms with E-state index in [9.17, 15) is 18.0 Å². The summed E-state index contributed by atoms with van der Waals surface area (Å²) in [5.41, 5.74) is 3.37. The normalized spacial score (nSPS) is 15.1. The highest BCUT2D eigenvalue weighted by molar-refractivity contribution is 6.08. The molecule has 0 unspecified atom stereocenters. The third-order valence-corrected chi connectivity index (χ3v) is 6.49. The van der Waals surface area contributed by atoms with Crippen molar-refractivity contribution in [3.63, 3.8) is 0 Å². The van der Waals surface area contributed by atoms with Crippen molar-refractivity contribution in [3.8, 4) is 17.0 Å². The van der Waals surface area contributed by atoms with Crippen LogP contribution in [0.15, 0.2) is 60.7 Å². The number of hydrogen-bond donors (Lipinski definition) is 1. The molecule has 5 aromatic rings. The number of amides is 1. The fourth-order valence-corrected chi connectivity index (χ4v) is 4.82. The Kier molecular flexibility index (Phi) is 5.15. The number of ether oxygens (including phenoxy) is 1. The minimum atomic E-state index is -4.53. The number of benzene rings is 2. The van der Waals surface area contributed by atoms with Crippen molar-refractivity contribution in [3.05, 3.63) is 83.3 Å². The van der Waals surface area contributed by atoms with E-state index in [0.29, 0.717) is 22.5 Å². The van der Waals surface area contributed by atoms with Crippen LogP contribution in [0.1, 0.15) is 28.7 Å². The Morgan fingerprint density at radius 1 is 1.03 bits per heavy atom. The third-order valence-electron chi connectivity index (χ3n) is 6.49. The molecule has 0 saturated heterocycles. The van der Waals surface area contributed by atoms with Gasteiger partial charge in [0.1, 0.15) is 18.1 Å². The van der Waals surface area contributed by atoms with Crippen LogP contribution < -0.4 is 10.1 Å². The number of alkyl halides is 3. The first kappa shape index (κ1) is 23.0. The van der Waals surface area contributed by atoms with Crippen molar-refractivity contribution in [1.29, 1.82) is 0 Å². The van der Waals surface area contributed by atoms with E-state index in [1.807, 2.05) is 38.1 Å². The molecule has 6 rings (SSSR count). The number of nitrogens with one attached hydrogen (secondary N) is 1. The van der Waals surface area contributed by atoms with Crippen molar-refractivity contribution in [2.45, 2.75) is 26.1 Å². The van der Waals surface area contributed by atoms with Gasteiger partial charge in [-0.05, 0) is 38.1 Å². The number of rotatable bonds is 2. The van der Waals surface area contributed by atoms with E-state index >= 15 is 0 Å². The molecule has 37 heavy (non-hydrogen) atoms. The molecular formula is C27H20F3N5O2. The fraction of sp³-hybridized carbons (Fsp3) is 0.185. The lowest BCUT2D eigenvalue weighted by Gasteiger charge is -2.13. The molecule has 1 aliphatic rings. The van der Waals surface area contributed by atoms with Crippen molar-refractivity contribution in [1.82, 2.24) is 25.1 Å². The molecule has 0 spiro atoms. The number of carbonyl (C=O) groups is 1. The Morgan fingerprint density at radius 2 is 1.84 bits per heavy atom. The minimum absolute atomic E-state index is 0.181. The van der Waals surface area contributed by atoms with Crippen LogP contribution in [-0.2, 0) is 6.18 Å². The molecule has 0 bridgehead atoms. The van der Waals surface area contributed by atoms with Gasteiger partial charge in [-0.25, -0.2) is 9.78 Å². The Morgan fingerprint density at radius 3 is 2.65 bits per heavy atom. The largest absolute Gasteiger partial charge is 0.491 e. The van der Waals surface area contributed by atoms with Gasteiger partial charge in [0.2, 0.25) is 0 Å². The lowest BCUT2D eigenvalue weighted by atomic mass is 10.0. The molecule has 1 atom stereocenters. The lowest BCUT2D eigenvalue weighted by molar-refractivity contribution is -0.141. The summed E-state index contributed by atoms with van der Waals surface area (Å²) in [5, 5.41) is 9.13. The number of aromatic nitrogens is 4. The van der Waals surface area contributed by atoms with E-state index in [1.54, 1.807) is 18.2 Å². The summed E-state index contributed by atoms with van der Waals surface area (Å²) in [6.45, 7) is 3.91. The number of para-hydroxylation sites is 1. The van der Waals surface area contributed by atoms with Gasteiger partial charge >= 0.3 is 12.2 Å². The topological polar surface area (TPSA) is 81.9 Å². The second kappa shape index (κ2) is 8.29. The van der Waals surface area contributed by atoms with Gasteiger partial charge in [-0.15, -0.1) is 0 Å². The molecule has 0 radical (unpaired) electrons. The molecule has 3 aromatic heterocycles. The molecule has 10 heteroatoms. The zero-order valence-electron chi connectivity index (χ0n) is 19.8. The van der Waals surface area contributed by atoms with Crippen molar-refractivity contribution in [2.75, 3.05) is 6.61 Å². The summed E-state index contributed by atoms with van der Waals surface area (Å²) in [6, 6.07) is 15.5. The fourth-order valence-electron chi connectivity index (χ4n) is 4.82. The standard InChI is InChI=1S/C27H20F3N5O2/c1-14-24-15(2)34-35(25(24)18-6-3-4-7-20(18)31-14)26(36)33-21-13-37-22-12-16(10-11-17(21)22)19-8-5-9-23(32-19)27(28,29)30/h3-12,21H,13H2,1-2H3,(H,33,36)/t21-/m1/s1. The number of halogens is 3. The number of hydrogen-bond acceptors (Lipinski definition) is 5. The average molecular weight is 503 g/mol. The van der Waals surface area contributed by atoms with E-state index in [1.165, 1.54) is 16.8 Å². The Balaban J connectivity index is 1.32. The van der Waals surface area contributed by atoms with Crippen LogP contribution in [0.5, 0.6) is 5.75 Å². The van der Waals surface area contributed by atoms with Crippen LogP contribution in [0.25, 0.3) is 33.1 Å². The van der Waals surface area contributed by atoms with Crippen LogP contribution >= 0.6 is 0 Å². The van der Waals surface area contributed by atoms with Gasteiger partial charge in [0, 0.05) is 27.6 Å². The van der Waals surface area contributed by atoms with Crippen LogP contribution in [0.4, 0.5) is 18.0 Å². The van der Waals surface area contributed by atoms with Gasteiger partial charge < -0.3 is 10.1 Å². The summed E-state index contributed by atoms with van der Waals surface area (Å²) >= 11 is 0. The maximum Gasteiger partial charge on any atom is 0.433 e. The van der Waals surface area contributed by atoms with E-state index in [2.05, 4.69) is 20.4 Å². The molecule has 0 aliphatic carbocycles. The Hall–Kier alpha value is -4.47. The quantitative estimate of drug-likeness (QED) is 0.321. The number of carbonyl (C=O) groups excluding carboxylic acids is 1. The first-order chi connectivity index (χ1) is 17.7. The van der Waals surface area contributed by atoms with Crippen LogP contribution in [0.2, 0.25) is 0 Å². The van der Waals surface area contributed by atoms with E-state index in [-0.39, 0.29) is 12.3 Å². The number of pyridine rings is 2. The number of fused-ring (bicyclic) bond motifs is 4. The molecule has 0 fully saturated rings. The van der Waals surface area contributed by atoms with Crippen LogP contribution in [0.3, 0.4) is 0 Å². The van der Waals surface area contributed by atoms with Crippen LogP contribution in [-0.4, -0.2) is 32.4 Å². The minimum Gasteiger partial charge on any atom is -0.491 e.